The summed E-state index contributed by atoms with van der Waals surface area (Å²) in [5.74, 6) is 0.820. The predicted octanol–water partition coefficient (Wildman–Crippen LogP) is 3.40. The van der Waals surface area contributed by atoms with E-state index in [2.05, 4.69) is 20.7 Å². The fraction of sp³-hybridized carbons (Fsp3) is 0.0625. The molecule has 0 aliphatic heterocycles. The molecule has 0 saturated carbocycles. The number of aromatic nitrogens is 2. The zero-order chi connectivity index (χ0) is 16.2. The smallest absolute Gasteiger partial charge is 0.291 e. The van der Waals surface area contributed by atoms with Gasteiger partial charge in [0.25, 0.3) is 5.91 Å². The minimum absolute atomic E-state index is 0.279. The Morgan fingerprint density at radius 3 is 2.78 bits per heavy atom. The molecular weight excluding hydrogens is 316 g/mol. The molecule has 116 valence electrons. The van der Waals surface area contributed by atoms with Crippen LogP contribution in [0.4, 0.5) is 0 Å². The number of amides is 1. The van der Waals surface area contributed by atoms with E-state index in [4.69, 9.17) is 16.0 Å². The molecule has 0 saturated heterocycles. The Labute approximate surface area is 137 Å². The van der Waals surface area contributed by atoms with E-state index in [9.17, 15) is 4.79 Å². The second-order valence-electron chi connectivity index (χ2n) is 4.84. The molecule has 0 bridgehead atoms. The molecule has 0 fully saturated rings. The average molecular weight is 329 g/mol. The Morgan fingerprint density at radius 2 is 2.09 bits per heavy atom. The molecule has 2 aromatic heterocycles. The maximum absolute atomic E-state index is 11.8. The van der Waals surface area contributed by atoms with Gasteiger partial charge in [-0.25, -0.2) is 5.43 Å². The SMILES string of the molecule is Cc1cc(C(=O)N/N=C/c2ccc(-c3ccc(Cl)cc3)o2)n[nH]1. The lowest BCUT2D eigenvalue weighted by Gasteiger charge is -1.96. The number of hydrogen-bond acceptors (Lipinski definition) is 4. The van der Waals surface area contributed by atoms with Crippen LogP contribution in [0.5, 0.6) is 0 Å². The third kappa shape index (κ3) is 3.67. The van der Waals surface area contributed by atoms with Crippen molar-refractivity contribution in [2.75, 3.05) is 0 Å². The summed E-state index contributed by atoms with van der Waals surface area (Å²) in [7, 11) is 0. The Bertz CT molecular complexity index is 849. The second-order valence-corrected chi connectivity index (χ2v) is 5.28. The molecule has 23 heavy (non-hydrogen) atoms. The molecule has 0 spiro atoms. The number of carbonyl (C=O) groups excluding carboxylic acids is 1. The minimum Gasteiger partial charge on any atom is -0.455 e. The number of hydrogen-bond donors (Lipinski definition) is 2. The van der Waals surface area contributed by atoms with Crippen LogP contribution < -0.4 is 5.43 Å². The summed E-state index contributed by atoms with van der Waals surface area (Å²) in [6.07, 6.45) is 1.43. The lowest BCUT2D eigenvalue weighted by Crippen LogP contribution is -2.17. The van der Waals surface area contributed by atoms with E-state index in [-0.39, 0.29) is 5.69 Å². The van der Waals surface area contributed by atoms with Gasteiger partial charge >= 0.3 is 0 Å². The molecule has 0 atom stereocenters. The van der Waals surface area contributed by atoms with Crippen LogP contribution in [0, 0.1) is 6.92 Å². The fourth-order valence-corrected chi connectivity index (χ4v) is 2.06. The van der Waals surface area contributed by atoms with E-state index in [0.717, 1.165) is 11.3 Å². The number of benzene rings is 1. The van der Waals surface area contributed by atoms with Gasteiger partial charge in [-0.2, -0.15) is 10.2 Å². The van der Waals surface area contributed by atoms with Crippen LogP contribution >= 0.6 is 11.6 Å². The molecule has 3 aromatic rings. The van der Waals surface area contributed by atoms with E-state index in [1.807, 2.05) is 25.1 Å². The summed E-state index contributed by atoms with van der Waals surface area (Å²) in [5.41, 5.74) is 4.38. The molecule has 6 nitrogen and oxygen atoms in total. The number of H-pyrrole nitrogens is 1. The van der Waals surface area contributed by atoms with Crippen molar-refractivity contribution in [1.29, 1.82) is 0 Å². The number of carbonyl (C=O) groups is 1. The van der Waals surface area contributed by atoms with Gasteiger partial charge < -0.3 is 4.42 Å². The van der Waals surface area contributed by atoms with Crippen molar-refractivity contribution in [3.63, 3.8) is 0 Å². The van der Waals surface area contributed by atoms with Crippen LogP contribution in [-0.2, 0) is 0 Å². The molecule has 2 heterocycles. The predicted molar refractivity (Wildman–Crippen MR) is 87.5 cm³/mol. The summed E-state index contributed by atoms with van der Waals surface area (Å²) >= 11 is 5.86. The third-order valence-corrected chi connectivity index (χ3v) is 3.30. The molecule has 0 aliphatic rings. The van der Waals surface area contributed by atoms with Crippen LogP contribution in [0.2, 0.25) is 5.02 Å². The first-order valence-electron chi connectivity index (χ1n) is 6.83. The van der Waals surface area contributed by atoms with Crippen molar-refractivity contribution in [3.8, 4) is 11.3 Å². The minimum atomic E-state index is -0.393. The van der Waals surface area contributed by atoms with Crippen LogP contribution in [0.1, 0.15) is 21.9 Å². The van der Waals surface area contributed by atoms with Crippen molar-refractivity contribution >= 4 is 23.7 Å². The van der Waals surface area contributed by atoms with Crippen molar-refractivity contribution in [1.82, 2.24) is 15.6 Å². The van der Waals surface area contributed by atoms with Crippen LogP contribution in [0.25, 0.3) is 11.3 Å². The Hall–Kier alpha value is -2.86. The van der Waals surface area contributed by atoms with Gasteiger partial charge in [-0.05, 0) is 49.4 Å². The largest absolute Gasteiger partial charge is 0.455 e. The Balaban J connectivity index is 1.64. The Morgan fingerprint density at radius 1 is 1.30 bits per heavy atom. The number of rotatable bonds is 4. The highest BCUT2D eigenvalue weighted by molar-refractivity contribution is 6.30. The first kappa shape index (κ1) is 15.1. The van der Waals surface area contributed by atoms with Gasteiger partial charge in [-0.15, -0.1) is 0 Å². The lowest BCUT2D eigenvalue weighted by atomic mass is 10.2. The van der Waals surface area contributed by atoms with E-state index >= 15 is 0 Å². The number of aromatic amines is 1. The van der Waals surface area contributed by atoms with Crippen molar-refractivity contribution in [3.05, 3.63) is 64.6 Å². The van der Waals surface area contributed by atoms with Crippen molar-refractivity contribution in [2.24, 2.45) is 5.10 Å². The second kappa shape index (κ2) is 6.50. The molecule has 0 radical (unpaired) electrons. The number of nitrogens with zero attached hydrogens (tertiary/aromatic N) is 2. The monoisotopic (exact) mass is 328 g/mol. The molecule has 7 heteroatoms. The molecule has 2 N–H and O–H groups in total. The highest BCUT2D eigenvalue weighted by Crippen LogP contribution is 2.23. The standard InChI is InChI=1S/C16H13ClN4O2/c1-10-8-14(20-19-10)16(22)21-18-9-13-6-7-15(23-13)11-2-4-12(17)5-3-11/h2-9H,1H3,(H,19,20)(H,21,22)/b18-9+. The quantitative estimate of drug-likeness (QED) is 0.568. The first-order valence-corrected chi connectivity index (χ1v) is 7.21. The van der Waals surface area contributed by atoms with Gasteiger partial charge in [0.2, 0.25) is 0 Å². The van der Waals surface area contributed by atoms with Gasteiger partial charge in [-0.3, -0.25) is 9.89 Å². The highest BCUT2D eigenvalue weighted by atomic mass is 35.5. The normalized spacial score (nSPS) is 11.0. The van der Waals surface area contributed by atoms with Crippen LogP contribution in [0.15, 0.2) is 52.0 Å². The Kier molecular flexibility index (Phi) is 4.25. The topological polar surface area (TPSA) is 83.3 Å². The molecule has 0 aliphatic carbocycles. The zero-order valence-corrected chi connectivity index (χ0v) is 13.0. The van der Waals surface area contributed by atoms with Crippen LogP contribution in [-0.4, -0.2) is 22.3 Å². The van der Waals surface area contributed by atoms with Crippen LogP contribution in [0.3, 0.4) is 0 Å². The molecule has 3 rings (SSSR count). The van der Waals surface area contributed by atoms with E-state index in [1.165, 1.54) is 6.21 Å². The molecule has 0 unspecified atom stereocenters. The highest BCUT2D eigenvalue weighted by Gasteiger charge is 2.08. The summed E-state index contributed by atoms with van der Waals surface area (Å²) < 4.78 is 5.64. The third-order valence-electron chi connectivity index (χ3n) is 3.05. The van der Waals surface area contributed by atoms with Gasteiger partial charge in [-0.1, -0.05) is 11.6 Å². The van der Waals surface area contributed by atoms with E-state index < -0.39 is 5.91 Å². The maximum atomic E-state index is 11.8. The molecule has 1 aromatic carbocycles. The maximum Gasteiger partial charge on any atom is 0.291 e. The summed E-state index contributed by atoms with van der Waals surface area (Å²) in [4.78, 5) is 11.8. The number of aryl methyl sites for hydroxylation is 1. The van der Waals surface area contributed by atoms with Crippen molar-refractivity contribution < 1.29 is 9.21 Å². The van der Waals surface area contributed by atoms with Crippen molar-refractivity contribution in [2.45, 2.75) is 6.92 Å². The van der Waals surface area contributed by atoms with E-state index in [1.54, 1.807) is 24.3 Å². The first-order chi connectivity index (χ1) is 11.1. The molecular formula is C16H13ClN4O2. The number of nitrogens with one attached hydrogen (secondary N) is 2. The van der Waals surface area contributed by atoms with Gasteiger partial charge in [0, 0.05) is 16.3 Å². The fourth-order valence-electron chi connectivity index (χ4n) is 1.94. The van der Waals surface area contributed by atoms with Gasteiger partial charge in [0.1, 0.15) is 11.5 Å². The summed E-state index contributed by atoms with van der Waals surface area (Å²) in [6, 6.07) is 12.5. The summed E-state index contributed by atoms with van der Waals surface area (Å²) in [5, 5.41) is 11.1. The van der Waals surface area contributed by atoms with Gasteiger partial charge in [0.05, 0.1) is 6.21 Å². The average Bonchev–Trinajstić information content (AvgIpc) is 3.17. The number of furan rings is 1. The van der Waals surface area contributed by atoms with Gasteiger partial charge in [0.15, 0.2) is 5.69 Å². The molecule has 1 amide bonds. The number of halogens is 1. The number of hydrazone groups is 1. The summed E-state index contributed by atoms with van der Waals surface area (Å²) in [6.45, 7) is 1.81. The van der Waals surface area contributed by atoms with E-state index in [0.29, 0.717) is 16.5 Å². The zero-order valence-electron chi connectivity index (χ0n) is 12.2. The lowest BCUT2D eigenvalue weighted by molar-refractivity contribution is 0.0950.